The maximum absolute atomic E-state index is 10.4. The van der Waals surface area contributed by atoms with Crippen LogP contribution in [0.5, 0.6) is 0 Å². The smallest absolute Gasteiger partial charge is 0.306 e. The molecule has 1 fully saturated rings. The zero-order valence-electron chi connectivity index (χ0n) is 8.58. The van der Waals surface area contributed by atoms with E-state index in [-0.39, 0.29) is 5.92 Å². The fraction of sp³-hybridized carbons (Fsp3) is 0.900. The minimum atomic E-state index is -0.643. The van der Waals surface area contributed by atoms with Crippen LogP contribution in [0.2, 0.25) is 0 Å². The zero-order valence-corrected chi connectivity index (χ0v) is 8.58. The van der Waals surface area contributed by atoms with Gasteiger partial charge in [0, 0.05) is 0 Å². The van der Waals surface area contributed by atoms with Crippen molar-refractivity contribution in [3.8, 4) is 0 Å². The monoisotopic (exact) mass is 188 g/mol. The SMILES string of the molecule is C1CO1.CCCCC(CC)C(=O)O. The molecule has 0 aliphatic carbocycles. The molecule has 0 amide bonds. The number of carboxylic acids is 1. The number of aliphatic carboxylic acids is 1. The second-order valence-electron chi connectivity index (χ2n) is 3.20. The number of epoxide rings is 1. The van der Waals surface area contributed by atoms with Gasteiger partial charge in [0.25, 0.3) is 0 Å². The van der Waals surface area contributed by atoms with Crippen molar-refractivity contribution in [2.45, 2.75) is 39.5 Å². The van der Waals surface area contributed by atoms with Crippen molar-refractivity contribution < 1.29 is 14.6 Å². The molecule has 78 valence electrons. The maximum atomic E-state index is 10.4. The van der Waals surface area contributed by atoms with Crippen LogP contribution in [0.4, 0.5) is 0 Å². The largest absolute Gasteiger partial charge is 0.481 e. The lowest BCUT2D eigenvalue weighted by atomic mass is 10.00. The molecule has 1 aliphatic rings. The highest BCUT2D eigenvalue weighted by molar-refractivity contribution is 5.69. The second-order valence-corrected chi connectivity index (χ2v) is 3.20. The van der Waals surface area contributed by atoms with Gasteiger partial charge < -0.3 is 9.84 Å². The summed E-state index contributed by atoms with van der Waals surface area (Å²) in [6.45, 7) is 6.00. The van der Waals surface area contributed by atoms with Crippen molar-refractivity contribution in [1.29, 1.82) is 0 Å². The van der Waals surface area contributed by atoms with E-state index in [0.717, 1.165) is 38.9 Å². The topological polar surface area (TPSA) is 49.8 Å². The van der Waals surface area contributed by atoms with Gasteiger partial charge in [-0.2, -0.15) is 0 Å². The van der Waals surface area contributed by atoms with Gasteiger partial charge in [-0.1, -0.05) is 26.7 Å². The molecule has 1 N–H and O–H groups in total. The lowest BCUT2D eigenvalue weighted by Crippen LogP contribution is -2.11. The van der Waals surface area contributed by atoms with E-state index in [1.807, 2.05) is 6.92 Å². The molecule has 1 atom stereocenters. The van der Waals surface area contributed by atoms with Gasteiger partial charge >= 0.3 is 5.97 Å². The highest BCUT2D eigenvalue weighted by Gasteiger charge is 2.12. The Morgan fingerprint density at radius 3 is 2.23 bits per heavy atom. The van der Waals surface area contributed by atoms with E-state index in [1.54, 1.807) is 0 Å². The number of hydrogen-bond acceptors (Lipinski definition) is 2. The highest BCUT2D eigenvalue weighted by atomic mass is 16.6. The Balaban J connectivity index is 0.000000396. The molecule has 1 heterocycles. The molecule has 1 rings (SSSR count). The first-order valence-corrected chi connectivity index (χ1v) is 5.02. The average molecular weight is 188 g/mol. The van der Waals surface area contributed by atoms with Gasteiger partial charge in [-0.25, -0.2) is 0 Å². The molecule has 3 nitrogen and oxygen atoms in total. The summed E-state index contributed by atoms with van der Waals surface area (Å²) in [6, 6.07) is 0. The zero-order chi connectivity index (χ0) is 10.1. The molecular weight excluding hydrogens is 168 g/mol. The van der Waals surface area contributed by atoms with Crippen molar-refractivity contribution >= 4 is 5.97 Å². The number of hydrogen-bond donors (Lipinski definition) is 1. The maximum Gasteiger partial charge on any atom is 0.306 e. The van der Waals surface area contributed by atoms with Crippen molar-refractivity contribution in [3.05, 3.63) is 0 Å². The van der Waals surface area contributed by atoms with E-state index in [1.165, 1.54) is 0 Å². The van der Waals surface area contributed by atoms with E-state index < -0.39 is 5.97 Å². The molecule has 0 aromatic heterocycles. The molecule has 0 saturated carbocycles. The van der Waals surface area contributed by atoms with E-state index in [4.69, 9.17) is 5.11 Å². The minimum absolute atomic E-state index is 0.111. The Labute approximate surface area is 80.1 Å². The third-order valence-electron chi connectivity index (χ3n) is 1.95. The molecule has 1 unspecified atom stereocenters. The third kappa shape index (κ3) is 9.34. The second kappa shape index (κ2) is 8.05. The standard InChI is InChI=1S/C8H16O2.C2H4O/c1-3-5-6-7(4-2)8(9)10;1-2-3-1/h7H,3-6H2,1-2H3,(H,9,10);1-2H2. The number of rotatable bonds is 5. The van der Waals surface area contributed by atoms with E-state index in [9.17, 15) is 4.79 Å². The summed E-state index contributed by atoms with van der Waals surface area (Å²) in [4.78, 5) is 10.4. The number of unbranched alkanes of at least 4 members (excludes halogenated alkanes) is 1. The van der Waals surface area contributed by atoms with E-state index in [0.29, 0.717) is 0 Å². The fourth-order valence-corrected chi connectivity index (χ4v) is 0.953. The van der Waals surface area contributed by atoms with Gasteiger partial charge in [-0.05, 0) is 12.8 Å². The third-order valence-corrected chi connectivity index (χ3v) is 1.95. The van der Waals surface area contributed by atoms with Gasteiger partial charge in [-0.3, -0.25) is 4.79 Å². The molecule has 1 saturated heterocycles. The first kappa shape index (κ1) is 12.4. The van der Waals surface area contributed by atoms with Crippen molar-refractivity contribution in [2.24, 2.45) is 5.92 Å². The molecule has 0 aromatic carbocycles. The van der Waals surface area contributed by atoms with Gasteiger partial charge in [0.2, 0.25) is 0 Å². The molecule has 0 bridgehead atoms. The molecule has 0 spiro atoms. The highest BCUT2D eigenvalue weighted by Crippen LogP contribution is 2.11. The summed E-state index contributed by atoms with van der Waals surface area (Å²) in [7, 11) is 0. The van der Waals surface area contributed by atoms with Crippen LogP contribution in [-0.2, 0) is 9.53 Å². The van der Waals surface area contributed by atoms with Gasteiger partial charge in [-0.15, -0.1) is 0 Å². The summed E-state index contributed by atoms with van der Waals surface area (Å²) in [5, 5.41) is 8.60. The fourth-order valence-electron chi connectivity index (χ4n) is 0.953. The van der Waals surface area contributed by atoms with Gasteiger partial charge in [0.15, 0.2) is 0 Å². The predicted molar refractivity (Wildman–Crippen MR) is 51.8 cm³/mol. The lowest BCUT2D eigenvalue weighted by Gasteiger charge is -2.06. The Bertz CT molecular complexity index is 129. The molecular formula is C10H20O3. The van der Waals surface area contributed by atoms with Gasteiger partial charge in [0.05, 0.1) is 19.1 Å². The van der Waals surface area contributed by atoms with Crippen LogP contribution >= 0.6 is 0 Å². The molecule has 0 radical (unpaired) electrons. The summed E-state index contributed by atoms with van der Waals surface area (Å²) < 4.78 is 4.50. The van der Waals surface area contributed by atoms with Crippen molar-refractivity contribution in [3.63, 3.8) is 0 Å². The Morgan fingerprint density at radius 1 is 1.46 bits per heavy atom. The van der Waals surface area contributed by atoms with Crippen LogP contribution in [0.25, 0.3) is 0 Å². The predicted octanol–water partition coefficient (Wildman–Crippen LogP) is 2.30. The summed E-state index contributed by atoms with van der Waals surface area (Å²) >= 11 is 0. The first-order chi connectivity index (χ1) is 6.22. The molecule has 13 heavy (non-hydrogen) atoms. The lowest BCUT2D eigenvalue weighted by molar-refractivity contribution is -0.142. The summed E-state index contributed by atoms with van der Waals surface area (Å²) in [5.41, 5.74) is 0. The summed E-state index contributed by atoms with van der Waals surface area (Å²) in [5.74, 6) is -0.754. The number of carbonyl (C=O) groups is 1. The number of ether oxygens (including phenoxy) is 1. The quantitative estimate of drug-likeness (QED) is 0.673. The average Bonchev–Trinajstić information content (AvgIpc) is 2.91. The van der Waals surface area contributed by atoms with Crippen LogP contribution in [0, 0.1) is 5.92 Å². The normalized spacial score (nSPS) is 15.5. The summed E-state index contributed by atoms with van der Waals surface area (Å²) in [6.07, 6.45) is 3.71. The van der Waals surface area contributed by atoms with Crippen molar-refractivity contribution in [1.82, 2.24) is 0 Å². The van der Waals surface area contributed by atoms with Crippen LogP contribution < -0.4 is 0 Å². The molecule has 3 heteroatoms. The van der Waals surface area contributed by atoms with Crippen LogP contribution in [0.1, 0.15) is 39.5 Å². The molecule has 1 aliphatic heterocycles. The number of carboxylic acid groups (broad SMARTS) is 1. The van der Waals surface area contributed by atoms with Crippen molar-refractivity contribution in [2.75, 3.05) is 13.2 Å². The Morgan fingerprint density at radius 2 is 2.00 bits per heavy atom. The Hall–Kier alpha value is -0.570. The van der Waals surface area contributed by atoms with Crippen LogP contribution in [0.15, 0.2) is 0 Å². The van der Waals surface area contributed by atoms with E-state index in [2.05, 4.69) is 11.7 Å². The first-order valence-electron chi connectivity index (χ1n) is 5.02. The van der Waals surface area contributed by atoms with E-state index >= 15 is 0 Å². The Kier molecular flexibility index (Phi) is 7.69. The van der Waals surface area contributed by atoms with Crippen LogP contribution in [-0.4, -0.2) is 24.3 Å². The van der Waals surface area contributed by atoms with Gasteiger partial charge in [0.1, 0.15) is 0 Å². The van der Waals surface area contributed by atoms with Crippen LogP contribution in [0.3, 0.4) is 0 Å². The minimum Gasteiger partial charge on any atom is -0.481 e. The molecule has 0 aromatic rings.